The maximum Gasteiger partial charge on any atom is 0.345 e. The fourth-order valence-corrected chi connectivity index (χ4v) is 4.45. The summed E-state index contributed by atoms with van der Waals surface area (Å²) in [5.74, 6) is -1.15. The average Bonchev–Trinajstić information content (AvgIpc) is 2.78. The molecule has 0 radical (unpaired) electrons. The quantitative estimate of drug-likeness (QED) is 0.766. The lowest BCUT2D eigenvalue weighted by atomic mass is 9.65. The number of aromatic carboxylic acids is 1. The normalized spacial score (nSPS) is 25.8. The van der Waals surface area contributed by atoms with Crippen molar-refractivity contribution >= 4 is 27.3 Å². The van der Waals surface area contributed by atoms with E-state index in [4.69, 9.17) is 5.11 Å². The number of aliphatic hydroxyl groups excluding tert-OH is 1. The van der Waals surface area contributed by atoms with Gasteiger partial charge in [0.05, 0.1) is 11.0 Å². The summed E-state index contributed by atoms with van der Waals surface area (Å²) < 4.78 is 26.7. The van der Waals surface area contributed by atoms with Gasteiger partial charge in [-0.1, -0.05) is 13.8 Å². The van der Waals surface area contributed by atoms with Crippen molar-refractivity contribution in [2.75, 3.05) is 0 Å². The van der Waals surface area contributed by atoms with E-state index >= 15 is 0 Å². The first-order chi connectivity index (χ1) is 8.64. The molecule has 0 amide bonds. The zero-order chi connectivity index (χ0) is 14.4. The molecular weight excluding hydrogens is 290 g/mol. The Balaban J connectivity index is 2.17. The molecule has 106 valence electrons. The van der Waals surface area contributed by atoms with E-state index in [0.717, 1.165) is 17.4 Å². The maximum atomic E-state index is 12.1. The van der Waals surface area contributed by atoms with Crippen molar-refractivity contribution in [3.8, 4) is 0 Å². The summed E-state index contributed by atoms with van der Waals surface area (Å²) in [5.41, 5.74) is -0.515. The van der Waals surface area contributed by atoms with Crippen molar-refractivity contribution in [3.05, 3.63) is 16.3 Å². The SMILES string of the molecule is CC1(C)C(O)CC1NS(=O)(=O)c1csc(C(=O)O)c1. The van der Waals surface area contributed by atoms with Crippen molar-refractivity contribution in [1.29, 1.82) is 0 Å². The van der Waals surface area contributed by atoms with Crippen molar-refractivity contribution in [3.63, 3.8) is 0 Å². The molecule has 2 atom stereocenters. The van der Waals surface area contributed by atoms with Gasteiger partial charge in [-0.15, -0.1) is 11.3 Å². The molecule has 1 fully saturated rings. The van der Waals surface area contributed by atoms with Crippen LogP contribution in [0.1, 0.15) is 29.9 Å². The maximum absolute atomic E-state index is 12.1. The average molecular weight is 305 g/mol. The Kier molecular flexibility index (Phi) is 3.46. The van der Waals surface area contributed by atoms with Crippen LogP contribution in [0.25, 0.3) is 0 Å². The number of thiophene rings is 1. The van der Waals surface area contributed by atoms with Gasteiger partial charge in [-0.3, -0.25) is 0 Å². The molecule has 0 spiro atoms. The first kappa shape index (κ1) is 14.4. The zero-order valence-corrected chi connectivity index (χ0v) is 12.1. The van der Waals surface area contributed by atoms with Crippen LogP contribution in [-0.4, -0.2) is 36.7 Å². The molecule has 1 heterocycles. The summed E-state index contributed by atoms with van der Waals surface area (Å²) in [6.07, 6.45) is -0.167. The van der Waals surface area contributed by atoms with Crippen LogP contribution in [0, 0.1) is 5.41 Å². The highest BCUT2D eigenvalue weighted by molar-refractivity contribution is 7.89. The van der Waals surface area contributed by atoms with Crippen LogP contribution in [0.4, 0.5) is 0 Å². The van der Waals surface area contributed by atoms with E-state index in [1.54, 1.807) is 13.8 Å². The molecule has 6 nitrogen and oxygen atoms in total. The van der Waals surface area contributed by atoms with E-state index in [0.29, 0.717) is 6.42 Å². The van der Waals surface area contributed by atoms with Crippen LogP contribution in [0.2, 0.25) is 0 Å². The number of hydrogen-bond donors (Lipinski definition) is 3. The largest absolute Gasteiger partial charge is 0.477 e. The molecule has 1 aromatic heterocycles. The van der Waals surface area contributed by atoms with Gasteiger partial charge in [0.25, 0.3) is 0 Å². The minimum Gasteiger partial charge on any atom is -0.477 e. The van der Waals surface area contributed by atoms with E-state index in [1.807, 2.05) is 0 Å². The third-order valence-corrected chi connectivity index (χ3v) is 6.13. The van der Waals surface area contributed by atoms with Crippen LogP contribution >= 0.6 is 11.3 Å². The predicted octanol–water partition coefficient (Wildman–Crippen LogP) is 0.884. The highest BCUT2D eigenvalue weighted by atomic mass is 32.2. The molecule has 1 saturated carbocycles. The van der Waals surface area contributed by atoms with Crippen molar-refractivity contribution in [1.82, 2.24) is 4.72 Å². The Labute approximate surface area is 115 Å². The monoisotopic (exact) mass is 305 g/mol. The van der Waals surface area contributed by atoms with Gasteiger partial charge in [-0.25, -0.2) is 17.9 Å². The fourth-order valence-electron chi connectivity index (χ4n) is 1.93. The number of nitrogens with one attached hydrogen (secondary N) is 1. The van der Waals surface area contributed by atoms with Crippen molar-refractivity contribution in [2.45, 2.75) is 37.3 Å². The molecule has 2 unspecified atom stereocenters. The van der Waals surface area contributed by atoms with Gasteiger partial charge in [0.15, 0.2) is 0 Å². The molecule has 1 aromatic rings. The summed E-state index contributed by atoms with van der Waals surface area (Å²) in [6, 6.07) is 0.790. The summed E-state index contributed by atoms with van der Waals surface area (Å²) in [6.45, 7) is 3.56. The summed E-state index contributed by atoms with van der Waals surface area (Å²) in [7, 11) is -3.74. The number of carbonyl (C=O) groups is 1. The van der Waals surface area contributed by atoms with Crippen molar-refractivity contribution in [2.24, 2.45) is 5.41 Å². The lowest BCUT2D eigenvalue weighted by Crippen LogP contribution is -2.61. The van der Waals surface area contributed by atoms with Gasteiger partial charge < -0.3 is 10.2 Å². The molecular formula is C11H15NO5S2. The number of aliphatic hydroxyl groups is 1. The Bertz CT molecular complexity index is 604. The topological polar surface area (TPSA) is 104 Å². The molecule has 0 aliphatic heterocycles. The molecule has 1 aliphatic carbocycles. The number of sulfonamides is 1. The van der Waals surface area contributed by atoms with Gasteiger partial charge >= 0.3 is 5.97 Å². The van der Waals surface area contributed by atoms with Crippen LogP contribution < -0.4 is 4.72 Å². The number of carboxylic acids is 1. The molecule has 2 rings (SSSR count). The molecule has 3 N–H and O–H groups in total. The zero-order valence-electron chi connectivity index (χ0n) is 10.5. The number of carboxylic acid groups (broad SMARTS) is 1. The number of rotatable bonds is 4. The highest BCUT2D eigenvalue weighted by Crippen LogP contribution is 2.41. The van der Waals surface area contributed by atoms with Gasteiger partial charge in [0.1, 0.15) is 4.88 Å². The standard InChI is InChI=1S/C11H15NO5S2/c1-11(2)8(4-9(11)13)12-19(16,17)6-3-7(10(14)15)18-5-6/h3,5,8-9,12-13H,4H2,1-2H3,(H,14,15). The summed E-state index contributed by atoms with van der Waals surface area (Å²) in [5, 5.41) is 19.7. The van der Waals surface area contributed by atoms with Gasteiger partial charge in [-0.05, 0) is 12.5 Å². The molecule has 0 saturated heterocycles. The van der Waals surface area contributed by atoms with E-state index in [9.17, 15) is 18.3 Å². The second-order valence-electron chi connectivity index (χ2n) is 5.20. The first-order valence-corrected chi connectivity index (χ1v) is 8.03. The molecule has 0 bridgehead atoms. The summed E-state index contributed by atoms with van der Waals surface area (Å²) >= 11 is 0.870. The Morgan fingerprint density at radius 3 is 2.58 bits per heavy atom. The lowest BCUT2D eigenvalue weighted by molar-refractivity contribution is -0.0645. The molecule has 1 aliphatic rings. The van der Waals surface area contributed by atoms with E-state index in [2.05, 4.69) is 4.72 Å². The summed E-state index contributed by atoms with van der Waals surface area (Å²) in [4.78, 5) is 10.7. The second-order valence-corrected chi connectivity index (χ2v) is 7.82. The predicted molar refractivity (Wildman–Crippen MR) is 69.8 cm³/mol. The van der Waals surface area contributed by atoms with Crippen LogP contribution in [0.5, 0.6) is 0 Å². The van der Waals surface area contributed by atoms with Crippen LogP contribution in [-0.2, 0) is 10.0 Å². The third-order valence-electron chi connectivity index (χ3n) is 3.61. The van der Waals surface area contributed by atoms with Gasteiger partial charge in [-0.2, -0.15) is 0 Å². The van der Waals surface area contributed by atoms with Gasteiger partial charge in [0, 0.05) is 16.8 Å². The number of hydrogen-bond acceptors (Lipinski definition) is 5. The second kappa shape index (κ2) is 4.55. The lowest BCUT2D eigenvalue weighted by Gasteiger charge is -2.49. The Morgan fingerprint density at radius 1 is 1.53 bits per heavy atom. The van der Waals surface area contributed by atoms with Gasteiger partial charge in [0.2, 0.25) is 10.0 Å². The van der Waals surface area contributed by atoms with E-state index in [1.165, 1.54) is 5.38 Å². The van der Waals surface area contributed by atoms with Crippen LogP contribution in [0.15, 0.2) is 16.3 Å². The first-order valence-electron chi connectivity index (χ1n) is 5.67. The third kappa shape index (κ3) is 2.53. The minimum absolute atomic E-state index is 0.0201. The fraction of sp³-hybridized carbons (Fsp3) is 0.545. The molecule has 8 heteroatoms. The molecule has 0 aromatic carbocycles. The Hall–Kier alpha value is -0.960. The van der Waals surface area contributed by atoms with Crippen LogP contribution in [0.3, 0.4) is 0 Å². The molecule has 19 heavy (non-hydrogen) atoms. The smallest absolute Gasteiger partial charge is 0.345 e. The van der Waals surface area contributed by atoms with E-state index in [-0.39, 0.29) is 15.8 Å². The van der Waals surface area contributed by atoms with Crippen molar-refractivity contribution < 1.29 is 23.4 Å². The van der Waals surface area contributed by atoms with E-state index < -0.39 is 27.5 Å². The minimum atomic E-state index is -3.74. The Morgan fingerprint density at radius 2 is 2.16 bits per heavy atom. The highest BCUT2D eigenvalue weighted by Gasteiger charge is 2.49.